The topological polar surface area (TPSA) is 92.5 Å². The quantitative estimate of drug-likeness (QED) is 0.794. The fraction of sp³-hybridized carbons (Fsp3) is 0.133. The summed E-state index contributed by atoms with van der Waals surface area (Å²) in [5.74, 6) is 0.165. The summed E-state index contributed by atoms with van der Waals surface area (Å²) in [6, 6.07) is 9.74. The van der Waals surface area contributed by atoms with E-state index in [1.54, 1.807) is 31.4 Å². The smallest absolute Gasteiger partial charge is 0.335 e. The van der Waals surface area contributed by atoms with Gasteiger partial charge in [0.1, 0.15) is 18.1 Å². The highest BCUT2D eigenvalue weighted by molar-refractivity contribution is 5.99. The minimum atomic E-state index is -1.06. The van der Waals surface area contributed by atoms with E-state index in [1.165, 1.54) is 18.3 Å². The van der Waals surface area contributed by atoms with Crippen molar-refractivity contribution in [2.45, 2.75) is 0 Å². The Hall–Kier alpha value is -2.89. The third-order valence-electron chi connectivity index (χ3n) is 2.74. The van der Waals surface area contributed by atoms with E-state index in [2.05, 4.69) is 4.98 Å². The van der Waals surface area contributed by atoms with E-state index in [0.717, 1.165) is 0 Å². The van der Waals surface area contributed by atoms with E-state index in [-0.39, 0.29) is 23.6 Å². The van der Waals surface area contributed by atoms with E-state index in [9.17, 15) is 4.79 Å². The molecule has 0 unspecified atom stereocenters. The average Bonchev–Trinajstić information content (AvgIpc) is 2.53. The fourth-order valence-corrected chi connectivity index (χ4v) is 1.65. The highest BCUT2D eigenvalue weighted by Crippen LogP contribution is 2.19. The molecule has 0 aliphatic carbocycles. The summed E-state index contributed by atoms with van der Waals surface area (Å²) >= 11 is 0. The number of carboxylic acid groups (broad SMARTS) is 1. The van der Waals surface area contributed by atoms with Crippen LogP contribution in [0.5, 0.6) is 11.5 Å². The summed E-state index contributed by atoms with van der Waals surface area (Å²) in [6.07, 6.45) is 1.36. The number of benzene rings is 1. The Morgan fingerprint density at radius 3 is 2.76 bits per heavy atom. The summed E-state index contributed by atoms with van der Waals surface area (Å²) in [7, 11) is 1.56. The number of carbonyl (C=O) groups is 1. The van der Waals surface area contributed by atoms with Gasteiger partial charge in [-0.1, -0.05) is 6.07 Å². The van der Waals surface area contributed by atoms with Gasteiger partial charge in [-0.05, 0) is 24.3 Å². The molecule has 6 heteroatoms. The average molecular weight is 286 g/mol. The molecule has 0 atom stereocenters. The van der Waals surface area contributed by atoms with Crippen LogP contribution in [0.15, 0.2) is 42.6 Å². The van der Waals surface area contributed by atoms with Gasteiger partial charge in [0.05, 0.1) is 24.1 Å². The van der Waals surface area contributed by atoms with Gasteiger partial charge in [0.15, 0.2) is 0 Å². The van der Waals surface area contributed by atoms with Crippen molar-refractivity contribution in [3.05, 3.63) is 53.9 Å². The predicted octanol–water partition coefficient (Wildman–Crippen LogP) is 2.24. The van der Waals surface area contributed by atoms with E-state index >= 15 is 0 Å². The molecule has 108 valence electrons. The number of hydrogen-bond acceptors (Lipinski definition) is 5. The first-order chi connectivity index (χ1) is 10.1. The lowest BCUT2D eigenvalue weighted by atomic mass is 10.2. The number of pyridine rings is 1. The van der Waals surface area contributed by atoms with Crippen LogP contribution in [0.25, 0.3) is 0 Å². The molecule has 2 rings (SSSR count). The summed E-state index contributed by atoms with van der Waals surface area (Å²) in [6.45, 7) is -0.0107. The first-order valence-electron chi connectivity index (χ1n) is 6.14. The molecule has 21 heavy (non-hydrogen) atoms. The fourth-order valence-electron chi connectivity index (χ4n) is 1.65. The molecule has 1 heterocycles. The maximum atomic E-state index is 10.9. The molecule has 0 bridgehead atoms. The first-order valence-corrected chi connectivity index (χ1v) is 6.14. The lowest BCUT2D eigenvalue weighted by Gasteiger charge is -2.08. The van der Waals surface area contributed by atoms with Gasteiger partial charge in [-0.15, -0.1) is 0 Å². The van der Waals surface area contributed by atoms with Crippen LogP contribution in [0, 0.1) is 5.41 Å². The second-order valence-electron chi connectivity index (χ2n) is 4.18. The number of methoxy groups -OCH3 is 1. The minimum Gasteiger partial charge on any atom is -0.497 e. The number of nitrogens with one attached hydrogen (secondary N) is 1. The van der Waals surface area contributed by atoms with Crippen LogP contribution in [0.4, 0.5) is 0 Å². The van der Waals surface area contributed by atoms with Gasteiger partial charge in [0.25, 0.3) is 0 Å². The second kappa shape index (κ2) is 6.51. The molecule has 1 aromatic heterocycles. The van der Waals surface area contributed by atoms with E-state index in [4.69, 9.17) is 20.0 Å². The largest absolute Gasteiger partial charge is 0.497 e. The Morgan fingerprint density at radius 2 is 2.05 bits per heavy atom. The molecule has 0 fully saturated rings. The predicted molar refractivity (Wildman–Crippen MR) is 76.5 cm³/mol. The normalized spacial score (nSPS) is 9.95. The maximum absolute atomic E-state index is 10.9. The molecular formula is C15H14N2O4. The summed E-state index contributed by atoms with van der Waals surface area (Å²) in [4.78, 5) is 14.9. The van der Waals surface area contributed by atoms with Crippen LogP contribution < -0.4 is 9.47 Å². The molecule has 0 spiro atoms. The van der Waals surface area contributed by atoms with Gasteiger partial charge in [-0.25, -0.2) is 4.79 Å². The molecule has 0 saturated carbocycles. The van der Waals surface area contributed by atoms with Gasteiger partial charge >= 0.3 is 5.97 Å². The van der Waals surface area contributed by atoms with Crippen LogP contribution >= 0.6 is 0 Å². The number of nitrogens with zero attached hydrogens (tertiary/aromatic N) is 1. The third-order valence-corrected chi connectivity index (χ3v) is 2.74. The molecule has 0 radical (unpaired) electrons. The van der Waals surface area contributed by atoms with Crippen LogP contribution in [-0.4, -0.2) is 35.5 Å². The Morgan fingerprint density at radius 1 is 1.29 bits per heavy atom. The van der Waals surface area contributed by atoms with Gasteiger partial charge in [-0.2, -0.15) is 0 Å². The number of hydrogen-bond donors (Lipinski definition) is 2. The van der Waals surface area contributed by atoms with Crippen molar-refractivity contribution in [3.8, 4) is 11.5 Å². The lowest BCUT2D eigenvalue weighted by molar-refractivity contribution is 0.0696. The monoisotopic (exact) mass is 286 g/mol. The van der Waals surface area contributed by atoms with Crippen molar-refractivity contribution in [2.24, 2.45) is 0 Å². The van der Waals surface area contributed by atoms with Crippen LogP contribution in [0.3, 0.4) is 0 Å². The Bertz CT molecular complexity index is 670. The Balaban J connectivity index is 2.04. The molecule has 0 saturated heterocycles. The lowest BCUT2D eigenvalue weighted by Crippen LogP contribution is -2.14. The minimum absolute atomic E-state index is 0.0107. The van der Waals surface area contributed by atoms with Crippen molar-refractivity contribution in [1.82, 2.24) is 4.98 Å². The number of rotatable bonds is 6. The van der Waals surface area contributed by atoms with Crippen LogP contribution in [-0.2, 0) is 0 Å². The summed E-state index contributed by atoms with van der Waals surface area (Å²) in [5, 5.41) is 16.8. The molecule has 6 nitrogen and oxygen atoms in total. The van der Waals surface area contributed by atoms with Crippen LogP contribution in [0.2, 0.25) is 0 Å². The zero-order valence-corrected chi connectivity index (χ0v) is 11.4. The van der Waals surface area contributed by atoms with Gasteiger partial charge in [-0.3, -0.25) is 10.4 Å². The zero-order chi connectivity index (χ0) is 15.2. The summed E-state index contributed by atoms with van der Waals surface area (Å²) < 4.78 is 10.6. The van der Waals surface area contributed by atoms with Crippen molar-refractivity contribution >= 4 is 11.7 Å². The van der Waals surface area contributed by atoms with Gasteiger partial charge in [0, 0.05) is 12.3 Å². The summed E-state index contributed by atoms with van der Waals surface area (Å²) in [5.41, 5.74) is 0.463. The standard InChI is InChI=1S/C15H14N2O4/c1-20-11-3-2-4-12(8-11)21-9-13(16)14-7-10(15(18)19)5-6-17-14/h2-8,16H,9H2,1H3,(H,18,19). The van der Waals surface area contributed by atoms with Gasteiger partial charge in [0.2, 0.25) is 0 Å². The third kappa shape index (κ3) is 3.79. The molecule has 2 N–H and O–H groups in total. The number of aromatic carboxylic acids is 1. The highest BCUT2D eigenvalue weighted by Gasteiger charge is 2.09. The van der Waals surface area contributed by atoms with Crippen molar-refractivity contribution in [3.63, 3.8) is 0 Å². The Kier molecular flexibility index (Phi) is 4.50. The zero-order valence-electron chi connectivity index (χ0n) is 11.4. The van der Waals surface area contributed by atoms with Crippen molar-refractivity contribution in [1.29, 1.82) is 5.41 Å². The number of aromatic nitrogens is 1. The van der Waals surface area contributed by atoms with Gasteiger partial charge < -0.3 is 14.6 Å². The van der Waals surface area contributed by atoms with Crippen molar-refractivity contribution in [2.75, 3.05) is 13.7 Å². The maximum Gasteiger partial charge on any atom is 0.335 e. The molecular weight excluding hydrogens is 272 g/mol. The van der Waals surface area contributed by atoms with E-state index in [0.29, 0.717) is 11.5 Å². The number of ether oxygens (including phenoxy) is 2. The first kappa shape index (κ1) is 14.5. The SMILES string of the molecule is COc1cccc(OCC(=N)c2cc(C(=O)O)ccn2)c1. The van der Waals surface area contributed by atoms with Crippen molar-refractivity contribution < 1.29 is 19.4 Å². The molecule has 1 aromatic carbocycles. The molecule has 0 amide bonds. The highest BCUT2D eigenvalue weighted by atomic mass is 16.5. The molecule has 0 aliphatic rings. The Labute approximate surface area is 121 Å². The number of carboxylic acids is 1. The second-order valence-corrected chi connectivity index (χ2v) is 4.18. The van der Waals surface area contributed by atoms with E-state index in [1.807, 2.05) is 0 Å². The molecule has 0 aliphatic heterocycles. The molecule has 2 aromatic rings. The van der Waals surface area contributed by atoms with E-state index < -0.39 is 5.97 Å². The van der Waals surface area contributed by atoms with Crippen LogP contribution in [0.1, 0.15) is 16.1 Å².